The minimum atomic E-state index is -0.822. The monoisotopic (exact) mass is 240 g/mol. The molecule has 0 aromatic heterocycles. The van der Waals surface area contributed by atoms with E-state index in [1.165, 1.54) is 11.8 Å². The number of fused-ring (bicyclic) bond motifs is 1. The SMILES string of the molecule is O=C(O)CSc1ccc2c(c1)OCCCO2. The minimum Gasteiger partial charge on any atom is -0.490 e. The van der Waals surface area contributed by atoms with Crippen LogP contribution in [0.3, 0.4) is 0 Å². The van der Waals surface area contributed by atoms with Crippen molar-refractivity contribution in [1.29, 1.82) is 0 Å². The molecule has 0 bridgehead atoms. The second kappa shape index (κ2) is 5.12. The van der Waals surface area contributed by atoms with Gasteiger partial charge >= 0.3 is 5.97 Å². The molecule has 86 valence electrons. The summed E-state index contributed by atoms with van der Waals surface area (Å²) in [6, 6.07) is 5.50. The van der Waals surface area contributed by atoms with E-state index < -0.39 is 5.97 Å². The number of carbonyl (C=O) groups is 1. The summed E-state index contributed by atoms with van der Waals surface area (Å²) >= 11 is 1.27. The lowest BCUT2D eigenvalue weighted by Gasteiger charge is -2.08. The lowest BCUT2D eigenvalue weighted by Crippen LogP contribution is -1.98. The fourth-order valence-electron chi connectivity index (χ4n) is 1.38. The Labute approximate surface area is 97.6 Å². The van der Waals surface area contributed by atoms with Gasteiger partial charge in [0.1, 0.15) is 0 Å². The van der Waals surface area contributed by atoms with Gasteiger partial charge in [0.05, 0.1) is 19.0 Å². The van der Waals surface area contributed by atoms with Crippen molar-refractivity contribution in [2.24, 2.45) is 0 Å². The predicted octanol–water partition coefficient (Wildman–Crippen LogP) is 2.02. The summed E-state index contributed by atoms with van der Waals surface area (Å²) in [7, 11) is 0. The Morgan fingerprint density at radius 1 is 1.31 bits per heavy atom. The second-order valence-corrected chi connectivity index (χ2v) is 4.39. The quantitative estimate of drug-likeness (QED) is 0.819. The molecule has 0 saturated heterocycles. The average Bonchev–Trinajstić information content (AvgIpc) is 2.50. The third-order valence-corrected chi connectivity index (χ3v) is 3.06. The molecule has 5 heteroatoms. The number of thioether (sulfide) groups is 1. The number of benzene rings is 1. The molecule has 2 rings (SSSR count). The van der Waals surface area contributed by atoms with Crippen molar-refractivity contribution in [3.63, 3.8) is 0 Å². The molecule has 4 nitrogen and oxygen atoms in total. The molecule has 0 amide bonds. The minimum absolute atomic E-state index is 0.0552. The van der Waals surface area contributed by atoms with E-state index in [0.717, 1.165) is 17.1 Å². The summed E-state index contributed by atoms with van der Waals surface area (Å²) in [5.41, 5.74) is 0. The van der Waals surface area contributed by atoms with Crippen molar-refractivity contribution in [2.75, 3.05) is 19.0 Å². The van der Waals surface area contributed by atoms with Gasteiger partial charge < -0.3 is 14.6 Å². The fraction of sp³-hybridized carbons (Fsp3) is 0.364. The Balaban J connectivity index is 2.11. The Bertz CT molecular complexity index is 392. The van der Waals surface area contributed by atoms with Crippen molar-refractivity contribution < 1.29 is 19.4 Å². The molecule has 0 radical (unpaired) electrons. The highest BCUT2D eigenvalue weighted by molar-refractivity contribution is 8.00. The summed E-state index contributed by atoms with van der Waals surface area (Å²) in [6.45, 7) is 1.30. The first-order chi connectivity index (χ1) is 7.75. The van der Waals surface area contributed by atoms with Crippen LogP contribution in [-0.2, 0) is 4.79 Å². The zero-order valence-corrected chi connectivity index (χ0v) is 9.46. The van der Waals surface area contributed by atoms with Crippen molar-refractivity contribution in [3.05, 3.63) is 18.2 Å². The summed E-state index contributed by atoms with van der Waals surface area (Å²) in [5.74, 6) is 0.668. The molecule has 0 unspecified atom stereocenters. The summed E-state index contributed by atoms with van der Waals surface area (Å²) in [6.07, 6.45) is 0.867. The largest absolute Gasteiger partial charge is 0.490 e. The van der Waals surface area contributed by atoms with Crippen LogP contribution in [0, 0.1) is 0 Å². The maximum absolute atomic E-state index is 10.4. The molecule has 1 N–H and O–H groups in total. The van der Waals surface area contributed by atoms with Gasteiger partial charge in [-0.1, -0.05) is 0 Å². The van der Waals surface area contributed by atoms with Crippen LogP contribution in [-0.4, -0.2) is 30.0 Å². The van der Waals surface area contributed by atoms with E-state index in [2.05, 4.69) is 0 Å². The molecule has 1 aromatic carbocycles. The Morgan fingerprint density at radius 2 is 2.06 bits per heavy atom. The number of rotatable bonds is 3. The number of aliphatic carboxylic acids is 1. The van der Waals surface area contributed by atoms with E-state index in [1.807, 2.05) is 18.2 Å². The third-order valence-electron chi connectivity index (χ3n) is 2.08. The molecule has 0 spiro atoms. The number of ether oxygens (including phenoxy) is 2. The van der Waals surface area contributed by atoms with Gasteiger partial charge in [-0.25, -0.2) is 0 Å². The van der Waals surface area contributed by atoms with E-state index in [1.54, 1.807) is 0 Å². The van der Waals surface area contributed by atoms with Gasteiger partial charge in [0, 0.05) is 11.3 Å². The summed E-state index contributed by atoms with van der Waals surface area (Å²) in [5, 5.41) is 8.58. The smallest absolute Gasteiger partial charge is 0.313 e. The highest BCUT2D eigenvalue weighted by Crippen LogP contribution is 2.33. The molecule has 1 aliphatic heterocycles. The van der Waals surface area contributed by atoms with E-state index in [0.29, 0.717) is 19.0 Å². The van der Waals surface area contributed by atoms with Gasteiger partial charge in [-0.15, -0.1) is 11.8 Å². The van der Waals surface area contributed by atoms with Crippen molar-refractivity contribution in [1.82, 2.24) is 0 Å². The number of hydrogen-bond acceptors (Lipinski definition) is 4. The van der Waals surface area contributed by atoms with Crippen molar-refractivity contribution in [3.8, 4) is 11.5 Å². The summed E-state index contributed by atoms with van der Waals surface area (Å²) in [4.78, 5) is 11.3. The first-order valence-corrected chi connectivity index (χ1v) is 5.98. The molecule has 0 saturated carbocycles. The second-order valence-electron chi connectivity index (χ2n) is 3.34. The van der Waals surface area contributed by atoms with Gasteiger partial charge in [0.25, 0.3) is 0 Å². The number of carboxylic acid groups (broad SMARTS) is 1. The molecule has 1 aromatic rings. The van der Waals surface area contributed by atoms with Gasteiger partial charge in [0.15, 0.2) is 11.5 Å². The molecule has 16 heavy (non-hydrogen) atoms. The van der Waals surface area contributed by atoms with Crippen LogP contribution < -0.4 is 9.47 Å². The van der Waals surface area contributed by atoms with E-state index in [9.17, 15) is 4.79 Å². The normalized spacial score (nSPS) is 14.2. The number of carboxylic acids is 1. The fourth-order valence-corrected chi connectivity index (χ4v) is 2.02. The van der Waals surface area contributed by atoms with Crippen molar-refractivity contribution >= 4 is 17.7 Å². The molecule has 1 aliphatic rings. The zero-order valence-electron chi connectivity index (χ0n) is 8.64. The van der Waals surface area contributed by atoms with Crippen LogP contribution in [0.25, 0.3) is 0 Å². The average molecular weight is 240 g/mol. The highest BCUT2D eigenvalue weighted by atomic mass is 32.2. The molecular formula is C11H12O4S. The summed E-state index contributed by atoms with van der Waals surface area (Å²) < 4.78 is 11.0. The molecular weight excluding hydrogens is 228 g/mol. The van der Waals surface area contributed by atoms with E-state index >= 15 is 0 Å². The van der Waals surface area contributed by atoms with Crippen LogP contribution in [0.4, 0.5) is 0 Å². The topological polar surface area (TPSA) is 55.8 Å². The lowest BCUT2D eigenvalue weighted by molar-refractivity contribution is -0.133. The lowest BCUT2D eigenvalue weighted by atomic mass is 10.3. The molecule has 0 fully saturated rings. The first kappa shape index (κ1) is 11.1. The molecule has 1 heterocycles. The molecule has 0 aliphatic carbocycles. The van der Waals surface area contributed by atoms with Crippen LogP contribution in [0.15, 0.2) is 23.1 Å². The molecule has 0 atom stereocenters. The maximum atomic E-state index is 10.4. The van der Waals surface area contributed by atoms with Crippen molar-refractivity contribution in [2.45, 2.75) is 11.3 Å². The van der Waals surface area contributed by atoms with Gasteiger partial charge in [-0.3, -0.25) is 4.79 Å². The van der Waals surface area contributed by atoms with Crippen LogP contribution in [0.5, 0.6) is 11.5 Å². The highest BCUT2D eigenvalue weighted by Gasteiger charge is 2.11. The van der Waals surface area contributed by atoms with Gasteiger partial charge in [-0.05, 0) is 18.2 Å². The van der Waals surface area contributed by atoms with E-state index in [-0.39, 0.29) is 5.75 Å². The van der Waals surface area contributed by atoms with Crippen LogP contribution >= 0.6 is 11.8 Å². The van der Waals surface area contributed by atoms with Gasteiger partial charge in [0.2, 0.25) is 0 Å². The third kappa shape index (κ3) is 2.82. The van der Waals surface area contributed by atoms with Gasteiger partial charge in [-0.2, -0.15) is 0 Å². The van der Waals surface area contributed by atoms with Crippen LogP contribution in [0.2, 0.25) is 0 Å². The van der Waals surface area contributed by atoms with E-state index in [4.69, 9.17) is 14.6 Å². The van der Waals surface area contributed by atoms with Crippen LogP contribution in [0.1, 0.15) is 6.42 Å². The zero-order chi connectivity index (χ0) is 11.4. The number of hydrogen-bond donors (Lipinski definition) is 1. The predicted molar refractivity (Wildman–Crippen MR) is 60.4 cm³/mol. The first-order valence-electron chi connectivity index (χ1n) is 5.00. The Hall–Kier alpha value is -1.36. The maximum Gasteiger partial charge on any atom is 0.313 e. The Kier molecular flexibility index (Phi) is 3.56. The Morgan fingerprint density at radius 3 is 2.81 bits per heavy atom. The standard InChI is InChI=1S/C11H12O4S/c12-11(13)7-16-8-2-3-9-10(6-8)15-5-1-4-14-9/h2-3,6H,1,4-5,7H2,(H,12,13).